The molecule has 0 amide bonds. The highest BCUT2D eigenvalue weighted by atomic mass is 19.1. The Morgan fingerprint density at radius 2 is 2.12 bits per heavy atom. The first-order valence-electron chi connectivity index (χ1n) is 5.75. The molecule has 1 aromatic carbocycles. The van der Waals surface area contributed by atoms with Crippen LogP contribution in [-0.2, 0) is 11.3 Å². The zero-order chi connectivity index (χ0) is 12.8. The summed E-state index contributed by atoms with van der Waals surface area (Å²) in [6.45, 7) is 4.03. The van der Waals surface area contributed by atoms with Crippen LogP contribution in [0, 0.1) is 11.7 Å². The minimum atomic E-state index is -0.893. The van der Waals surface area contributed by atoms with Gasteiger partial charge in [0.1, 0.15) is 11.9 Å². The minimum absolute atomic E-state index is 0.0132. The van der Waals surface area contributed by atoms with Crippen LogP contribution in [0.4, 0.5) is 4.39 Å². The van der Waals surface area contributed by atoms with E-state index in [4.69, 9.17) is 5.11 Å². The van der Waals surface area contributed by atoms with Crippen LogP contribution in [0.15, 0.2) is 24.3 Å². The highest BCUT2D eigenvalue weighted by Gasteiger charge is 2.22. The number of carboxylic acids is 1. The normalized spacial score (nSPS) is 14.3. The van der Waals surface area contributed by atoms with E-state index in [1.54, 1.807) is 18.2 Å². The Morgan fingerprint density at radius 3 is 2.65 bits per heavy atom. The van der Waals surface area contributed by atoms with Gasteiger partial charge in [0.25, 0.3) is 0 Å². The van der Waals surface area contributed by atoms with E-state index in [9.17, 15) is 9.18 Å². The number of benzene rings is 1. The van der Waals surface area contributed by atoms with Gasteiger partial charge < -0.3 is 5.11 Å². The van der Waals surface area contributed by atoms with E-state index in [1.165, 1.54) is 6.07 Å². The van der Waals surface area contributed by atoms with Crippen LogP contribution in [0.2, 0.25) is 0 Å². The van der Waals surface area contributed by atoms with Crippen molar-refractivity contribution in [1.82, 2.24) is 5.32 Å². The number of hydrogen-bond donors (Lipinski definition) is 2. The van der Waals surface area contributed by atoms with Gasteiger partial charge in [-0.2, -0.15) is 0 Å². The van der Waals surface area contributed by atoms with Crippen molar-refractivity contribution in [1.29, 1.82) is 0 Å². The molecule has 0 aliphatic heterocycles. The number of carboxylic acid groups (broad SMARTS) is 1. The summed E-state index contributed by atoms with van der Waals surface area (Å²) >= 11 is 0. The van der Waals surface area contributed by atoms with E-state index >= 15 is 0 Å². The molecule has 0 spiro atoms. The lowest BCUT2D eigenvalue weighted by Gasteiger charge is -2.20. The Balaban J connectivity index is 2.64. The molecule has 17 heavy (non-hydrogen) atoms. The molecule has 4 heteroatoms. The van der Waals surface area contributed by atoms with Crippen molar-refractivity contribution in [3.8, 4) is 0 Å². The first-order valence-corrected chi connectivity index (χ1v) is 5.75. The topological polar surface area (TPSA) is 49.3 Å². The molecular formula is C13H18FNO2. The summed E-state index contributed by atoms with van der Waals surface area (Å²) < 4.78 is 13.3. The van der Waals surface area contributed by atoms with Gasteiger partial charge in [-0.1, -0.05) is 38.5 Å². The standard InChI is InChI=1S/C13H18FNO2/c1-3-9(2)12(13(16)17)15-8-10-6-4-5-7-11(10)14/h4-7,9,12,15H,3,8H2,1-2H3,(H,16,17)/t9-,12-/m0/s1. The van der Waals surface area contributed by atoms with Crippen molar-refractivity contribution in [2.75, 3.05) is 0 Å². The maximum absolute atomic E-state index is 13.3. The quantitative estimate of drug-likeness (QED) is 0.801. The number of halogens is 1. The van der Waals surface area contributed by atoms with Gasteiger partial charge in [0.15, 0.2) is 0 Å². The molecule has 1 rings (SSSR count). The summed E-state index contributed by atoms with van der Waals surface area (Å²) in [4.78, 5) is 11.0. The second-order valence-corrected chi connectivity index (χ2v) is 4.17. The Bertz CT molecular complexity index is 381. The van der Waals surface area contributed by atoms with Gasteiger partial charge >= 0.3 is 5.97 Å². The summed E-state index contributed by atoms with van der Waals surface area (Å²) in [7, 11) is 0. The molecule has 0 saturated heterocycles. The number of aliphatic carboxylic acids is 1. The fourth-order valence-corrected chi connectivity index (χ4v) is 1.63. The molecule has 2 N–H and O–H groups in total. The number of rotatable bonds is 6. The summed E-state index contributed by atoms with van der Waals surface area (Å²) in [5.41, 5.74) is 0.488. The van der Waals surface area contributed by atoms with Crippen LogP contribution in [-0.4, -0.2) is 17.1 Å². The molecule has 0 aromatic heterocycles. The molecular weight excluding hydrogens is 221 g/mol. The van der Waals surface area contributed by atoms with Crippen LogP contribution < -0.4 is 5.32 Å². The number of nitrogens with one attached hydrogen (secondary N) is 1. The summed E-state index contributed by atoms with van der Waals surface area (Å²) in [6, 6.07) is 5.73. The minimum Gasteiger partial charge on any atom is -0.480 e. The number of carbonyl (C=O) groups is 1. The molecule has 0 aliphatic rings. The van der Waals surface area contributed by atoms with Crippen LogP contribution in [0.5, 0.6) is 0 Å². The fraction of sp³-hybridized carbons (Fsp3) is 0.462. The van der Waals surface area contributed by atoms with E-state index in [2.05, 4.69) is 5.32 Å². The fourth-order valence-electron chi connectivity index (χ4n) is 1.63. The van der Waals surface area contributed by atoms with Gasteiger partial charge in [0.05, 0.1) is 0 Å². The highest BCUT2D eigenvalue weighted by molar-refractivity contribution is 5.73. The first kappa shape index (κ1) is 13.6. The second kappa shape index (κ2) is 6.35. The molecule has 0 heterocycles. The Morgan fingerprint density at radius 1 is 1.47 bits per heavy atom. The van der Waals surface area contributed by atoms with Crippen LogP contribution >= 0.6 is 0 Å². The van der Waals surface area contributed by atoms with Crippen LogP contribution in [0.1, 0.15) is 25.8 Å². The predicted molar refractivity (Wildman–Crippen MR) is 64.1 cm³/mol. The van der Waals surface area contributed by atoms with E-state index in [0.29, 0.717) is 5.56 Å². The third kappa shape index (κ3) is 3.82. The van der Waals surface area contributed by atoms with Crippen molar-refractivity contribution in [2.45, 2.75) is 32.9 Å². The SMILES string of the molecule is CC[C@H](C)[C@H](NCc1ccccc1F)C(=O)O. The van der Waals surface area contributed by atoms with E-state index in [0.717, 1.165) is 6.42 Å². The lowest BCUT2D eigenvalue weighted by molar-refractivity contribution is -0.140. The number of hydrogen-bond acceptors (Lipinski definition) is 2. The molecule has 0 radical (unpaired) electrons. The zero-order valence-electron chi connectivity index (χ0n) is 10.1. The molecule has 0 unspecified atom stereocenters. The molecule has 0 aliphatic carbocycles. The predicted octanol–water partition coefficient (Wildman–Crippen LogP) is 2.41. The largest absolute Gasteiger partial charge is 0.480 e. The zero-order valence-corrected chi connectivity index (χ0v) is 10.1. The maximum atomic E-state index is 13.3. The first-order chi connectivity index (χ1) is 8.06. The molecule has 0 bridgehead atoms. The third-order valence-electron chi connectivity index (χ3n) is 2.95. The van der Waals surface area contributed by atoms with Crippen LogP contribution in [0.25, 0.3) is 0 Å². The van der Waals surface area contributed by atoms with Gasteiger partial charge in [-0.15, -0.1) is 0 Å². The maximum Gasteiger partial charge on any atom is 0.320 e. The summed E-state index contributed by atoms with van der Waals surface area (Å²) in [5, 5.41) is 12.0. The molecule has 94 valence electrons. The molecule has 1 aromatic rings. The van der Waals surface area contributed by atoms with E-state index < -0.39 is 12.0 Å². The van der Waals surface area contributed by atoms with E-state index in [-0.39, 0.29) is 18.3 Å². The van der Waals surface area contributed by atoms with Crippen molar-refractivity contribution in [3.05, 3.63) is 35.6 Å². The Labute approximate surface area is 101 Å². The van der Waals surface area contributed by atoms with Crippen molar-refractivity contribution < 1.29 is 14.3 Å². The van der Waals surface area contributed by atoms with Gasteiger partial charge in [0.2, 0.25) is 0 Å². The van der Waals surface area contributed by atoms with Crippen molar-refractivity contribution in [2.24, 2.45) is 5.92 Å². The average Bonchev–Trinajstić information content (AvgIpc) is 2.30. The highest BCUT2D eigenvalue weighted by Crippen LogP contribution is 2.11. The monoisotopic (exact) mass is 239 g/mol. The molecule has 0 saturated carbocycles. The van der Waals surface area contributed by atoms with Crippen molar-refractivity contribution in [3.63, 3.8) is 0 Å². The average molecular weight is 239 g/mol. The summed E-state index contributed by atoms with van der Waals surface area (Å²) in [5.74, 6) is -1.19. The second-order valence-electron chi connectivity index (χ2n) is 4.17. The van der Waals surface area contributed by atoms with Crippen molar-refractivity contribution >= 4 is 5.97 Å². The smallest absolute Gasteiger partial charge is 0.320 e. The van der Waals surface area contributed by atoms with Gasteiger partial charge in [-0.3, -0.25) is 10.1 Å². The molecule has 2 atom stereocenters. The van der Waals surface area contributed by atoms with Gasteiger partial charge in [-0.05, 0) is 12.0 Å². The third-order valence-corrected chi connectivity index (χ3v) is 2.95. The summed E-state index contributed by atoms with van der Waals surface area (Å²) in [6.07, 6.45) is 0.765. The van der Waals surface area contributed by atoms with Gasteiger partial charge in [0, 0.05) is 12.1 Å². The Kier molecular flexibility index (Phi) is 5.10. The van der Waals surface area contributed by atoms with E-state index in [1.807, 2.05) is 13.8 Å². The molecule has 3 nitrogen and oxygen atoms in total. The lowest BCUT2D eigenvalue weighted by Crippen LogP contribution is -2.41. The Hall–Kier alpha value is -1.42. The molecule has 0 fully saturated rings. The van der Waals surface area contributed by atoms with Gasteiger partial charge in [-0.25, -0.2) is 4.39 Å². The van der Waals surface area contributed by atoms with Crippen LogP contribution in [0.3, 0.4) is 0 Å². The lowest BCUT2D eigenvalue weighted by atomic mass is 9.99.